The minimum Gasteiger partial charge on any atom is -0.346 e. The van der Waals surface area contributed by atoms with Crippen molar-refractivity contribution in [2.45, 2.75) is 0 Å². The molecule has 86 valence electrons. The average molecular weight is 235 g/mol. The van der Waals surface area contributed by atoms with E-state index in [1.807, 2.05) is 30.3 Å². The predicted octanol–water partition coefficient (Wildman–Crippen LogP) is 2.17. The molecule has 0 aliphatic carbocycles. The van der Waals surface area contributed by atoms with E-state index in [0.29, 0.717) is 11.2 Å². The molecule has 4 heteroatoms. The SMILES string of the molecule is N#Cc1c(-c2ccccc2)cn2c(=O)cc[nH]c12. The molecule has 1 aromatic carbocycles. The number of hydrogen-bond donors (Lipinski definition) is 1. The Morgan fingerprint density at radius 2 is 1.94 bits per heavy atom. The van der Waals surface area contributed by atoms with Gasteiger partial charge in [-0.15, -0.1) is 0 Å². The highest BCUT2D eigenvalue weighted by Crippen LogP contribution is 2.26. The fraction of sp³-hybridized carbons (Fsp3) is 0. The highest BCUT2D eigenvalue weighted by atomic mass is 16.1. The molecule has 0 aliphatic rings. The van der Waals surface area contributed by atoms with Crippen molar-refractivity contribution in [2.24, 2.45) is 0 Å². The third kappa shape index (κ3) is 1.42. The van der Waals surface area contributed by atoms with Gasteiger partial charge in [0.25, 0.3) is 5.56 Å². The van der Waals surface area contributed by atoms with Crippen LogP contribution in [0.4, 0.5) is 0 Å². The van der Waals surface area contributed by atoms with E-state index in [4.69, 9.17) is 0 Å². The number of H-pyrrole nitrogens is 1. The summed E-state index contributed by atoms with van der Waals surface area (Å²) in [6.07, 6.45) is 3.25. The third-order valence-corrected chi connectivity index (χ3v) is 2.89. The second kappa shape index (κ2) is 3.90. The molecule has 0 unspecified atom stereocenters. The highest BCUT2D eigenvalue weighted by molar-refractivity contribution is 5.78. The number of hydrogen-bond acceptors (Lipinski definition) is 2. The van der Waals surface area contributed by atoms with E-state index < -0.39 is 0 Å². The summed E-state index contributed by atoms with van der Waals surface area (Å²) in [7, 11) is 0. The van der Waals surface area contributed by atoms with Gasteiger partial charge in [-0.2, -0.15) is 5.26 Å². The molecule has 1 N–H and O–H groups in total. The van der Waals surface area contributed by atoms with Crippen LogP contribution in [-0.4, -0.2) is 9.38 Å². The molecule has 0 spiro atoms. The first-order chi connectivity index (χ1) is 8.81. The Kier molecular flexibility index (Phi) is 2.24. The van der Waals surface area contributed by atoms with E-state index in [1.165, 1.54) is 10.5 Å². The van der Waals surface area contributed by atoms with Crippen LogP contribution in [0.15, 0.2) is 53.6 Å². The zero-order valence-corrected chi connectivity index (χ0v) is 9.42. The molecule has 18 heavy (non-hydrogen) atoms. The van der Waals surface area contributed by atoms with Gasteiger partial charge in [-0.05, 0) is 5.56 Å². The molecule has 0 aliphatic heterocycles. The number of rotatable bonds is 1. The summed E-state index contributed by atoms with van der Waals surface area (Å²) in [5, 5.41) is 9.27. The van der Waals surface area contributed by atoms with Gasteiger partial charge in [0.1, 0.15) is 17.3 Å². The van der Waals surface area contributed by atoms with E-state index in [-0.39, 0.29) is 5.56 Å². The number of nitrogens with one attached hydrogen (secondary N) is 1. The van der Waals surface area contributed by atoms with E-state index in [9.17, 15) is 10.1 Å². The van der Waals surface area contributed by atoms with Gasteiger partial charge < -0.3 is 4.98 Å². The maximum absolute atomic E-state index is 11.7. The summed E-state index contributed by atoms with van der Waals surface area (Å²) in [5.41, 5.74) is 2.55. The summed E-state index contributed by atoms with van der Waals surface area (Å²) in [6, 6.07) is 13.1. The van der Waals surface area contributed by atoms with Crippen molar-refractivity contribution < 1.29 is 0 Å². The lowest BCUT2D eigenvalue weighted by molar-refractivity contribution is 1.07. The fourth-order valence-corrected chi connectivity index (χ4v) is 2.04. The topological polar surface area (TPSA) is 61.1 Å². The van der Waals surface area contributed by atoms with Crippen LogP contribution in [0.2, 0.25) is 0 Å². The Morgan fingerprint density at radius 3 is 2.67 bits per heavy atom. The number of aromatic amines is 1. The minimum atomic E-state index is -0.151. The van der Waals surface area contributed by atoms with E-state index in [1.54, 1.807) is 12.4 Å². The maximum Gasteiger partial charge on any atom is 0.257 e. The van der Waals surface area contributed by atoms with Crippen molar-refractivity contribution in [2.75, 3.05) is 0 Å². The van der Waals surface area contributed by atoms with E-state index in [2.05, 4.69) is 11.1 Å². The van der Waals surface area contributed by atoms with Crippen LogP contribution in [0.5, 0.6) is 0 Å². The predicted molar refractivity (Wildman–Crippen MR) is 68.2 cm³/mol. The third-order valence-electron chi connectivity index (χ3n) is 2.89. The van der Waals surface area contributed by atoms with Crippen molar-refractivity contribution in [3.8, 4) is 17.2 Å². The molecule has 0 bridgehead atoms. The summed E-state index contributed by atoms with van der Waals surface area (Å²) >= 11 is 0. The lowest BCUT2D eigenvalue weighted by atomic mass is 10.1. The van der Waals surface area contributed by atoms with Crippen LogP contribution in [-0.2, 0) is 0 Å². The van der Waals surface area contributed by atoms with Gasteiger partial charge in [0, 0.05) is 24.0 Å². The fourth-order valence-electron chi connectivity index (χ4n) is 2.04. The number of nitriles is 1. The largest absolute Gasteiger partial charge is 0.346 e. The van der Waals surface area contributed by atoms with Crippen LogP contribution >= 0.6 is 0 Å². The maximum atomic E-state index is 11.7. The van der Waals surface area contributed by atoms with Gasteiger partial charge in [0.2, 0.25) is 0 Å². The molecule has 2 heterocycles. The summed E-state index contributed by atoms with van der Waals surface area (Å²) in [4.78, 5) is 14.7. The monoisotopic (exact) mass is 235 g/mol. The van der Waals surface area contributed by atoms with Crippen molar-refractivity contribution in [1.82, 2.24) is 9.38 Å². The Morgan fingerprint density at radius 1 is 1.17 bits per heavy atom. The molecule has 4 nitrogen and oxygen atoms in total. The summed E-state index contributed by atoms with van der Waals surface area (Å²) in [6.45, 7) is 0. The number of fused-ring (bicyclic) bond motifs is 1. The Hall–Kier alpha value is -2.80. The molecule has 0 fully saturated rings. The highest BCUT2D eigenvalue weighted by Gasteiger charge is 2.13. The number of aromatic nitrogens is 2. The van der Waals surface area contributed by atoms with Crippen LogP contribution in [0.3, 0.4) is 0 Å². The molecule has 2 aromatic heterocycles. The van der Waals surface area contributed by atoms with Gasteiger partial charge in [-0.25, -0.2) is 0 Å². The van der Waals surface area contributed by atoms with Gasteiger partial charge in [0.15, 0.2) is 0 Å². The zero-order chi connectivity index (χ0) is 12.5. The van der Waals surface area contributed by atoms with Gasteiger partial charge >= 0.3 is 0 Å². The zero-order valence-electron chi connectivity index (χ0n) is 9.42. The Bertz CT molecular complexity index is 806. The van der Waals surface area contributed by atoms with Gasteiger partial charge in [0.05, 0.1) is 0 Å². The standard InChI is InChI=1S/C14H9N3O/c15-8-11-12(10-4-2-1-3-5-10)9-17-13(18)6-7-16-14(11)17/h1-7,9,16H. The number of benzene rings is 1. The Balaban J connectivity index is 2.42. The minimum absolute atomic E-state index is 0.151. The average Bonchev–Trinajstić information content (AvgIpc) is 2.80. The van der Waals surface area contributed by atoms with E-state index in [0.717, 1.165) is 11.1 Å². The van der Waals surface area contributed by atoms with Crippen molar-refractivity contribution in [1.29, 1.82) is 5.26 Å². The lowest BCUT2D eigenvalue weighted by Crippen LogP contribution is -2.09. The van der Waals surface area contributed by atoms with Crippen LogP contribution in [0, 0.1) is 11.3 Å². The lowest BCUT2D eigenvalue weighted by Gasteiger charge is -1.96. The van der Waals surface area contributed by atoms with Crippen LogP contribution in [0.25, 0.3) is 16.8 Å². The first-order valence-electron chi connectivity index (χ1n) is 5.49. The van der Waals surface area contributed by atoms with Gasteiger partial charge in [-0.3, -0.25) is 9.20 Å². The quantitative estimate of drug-likeness (QED) is 0.702. The smallest absolute Gasteiger partial charge is 0.257 e. The molecule has 3 rings (SSSR count). The first kappa shape index (κ1) is 10.4. The number of nitrogens with zero attached hydrogens (tertiary/aromatic N) is 2. The molecule has 0 amide bonds. The molecular weight excluding hydrogens is 226 g/mol. The van der Waals surface area contributed by atoms with Crippen LogP contribution in [0.1, 0.15) is 5.56 Å². The molecular formula is C14H9N3O. The van der Waals surface area contributed by atoms with E-state index >= 15 is 0 Å². The second-order valence-electron chi connectivity index (χ2n) is 3.93. The van der Waals surface area contributed by atoms with Crippen molar-refractivity contribution in [3.63, 3.8) is 0 Å². The van der Waals surface area contributed by atoms with Crippen molar-refractivity contribution in [3.05, 3.63) is 64.7 Å². The molecule has 0 radical (unpaired) electrons. The summed E-state index contributed by atoms with van der Waals surface area (Å²) < 4.78 is 1.46. The van der Waals surface area contributed by atoms with Gasteiger partial charge in [-0.1, -0.05) is 30.3 Å². The normalized spacial score (nSPS) is 10.4. The van der Waals surface area contributed by atoms with Crippen LogP contribution < -0.4 is 5.56 Å². The Labute approximate surface area is 103 Å². The summed E-state index contributed by atoms with van der Waals surface area (Å²) in [5.74, 6) is 0. The second-order valence-corrected chi connectivity index (χ2v) is 3.93. The molecule has 0 atom stereocenters. The van der Waals surface area contributed by atoms with Crippen molar-refractivity contribution >= 4 is 5.65 Å². The molecule has 0 saturated heterocycles. The molecule has 0 saturated carbocycles. The molecule has 3 aromatic rings. The first-order valence-corrected chi connectivity index (χ1v) is 5.49.